The molecular formula is C23H23ClN2O3. The molecule has 0 radical (unpaired) electrons. The Hall–Kier alpha value is -2.66. The molecule has 1 saturated carbocycles. The molecule has 2 aromatic rings. The van der Waals surface area contributed by atoms with Crippen LogP contribution in [0.5, 0.6) is 0 Å². The molecule has 0 bridgehead atoms. The minimum atomic E-state index is -0.275. The van der Waals surface area contributed by atoms with E-state index < -0.39 is 0 Å². The number of nitrogens with zero attached hydrogens (tertiary/aromatic N) is 1. The van der Waals surface area contributed by atoms with Gasteiger partial charge in [-0.25, -0.2) is 0 Å². The van der Waals surface area contributed by atoms with E-state index in [1.807, 2.05) is 6.92 Å². The largest absolute Gasteiger partial charge is 0.322 e. The number of carbonyl (C=O) groups excluding carboxylic acids is 3. The Morgan fingerprint density at radius 1 is 1.03 bits per heavy atom. The van der Waals surface area contributed by atoms with Crippen LogP contribution >= 0.6 is 11.6 Å². The first-order valence-electron chi connectivity index (χ1n) is 9.91. The first kappa shape index (κ1) is 19.6. The maximum atomic E-state index is 12.8. The van der Waals surface area contributed by atoms with Crippen LogP contribution in [0.4, 0.5) is 11.4 Å². The first-order valence-corrected chi connectivity index (χ1v) is 10.3. The number of fused-ring (bicyclic) bond motifs is 1. The average molecular weight is 411 g/mol. The number of nitrogens with one attached hydrogen (secondary N) is 1. The molecule has 0 spiro atoms. The summed E-state index contributed by atoms with van der Waals surface area (Å²) in [5, 5.41) is 3.43. The molecule has 1 saturated heterocycles. The molecule has 0 aromatic heterocycles. The van der Waals surface area contributed by atoms with Crippen molar-refractivity contribution in [3.63, 3.8) is 0 Å². The van der Waals surface area contributed by atoms with Crippen LogP contribution < -0.4 is 10.2 Å². The lowest BCUT2D eigenvalue weighted by Crippen LogP contribution is -2.30. The fourth-order valence-electron chi connectivity index (χ4n) is 4.34. The van der Waals surface area contributed by atoms with E-state index >= 15 is 0 Å². The third-order valence-corrected chi connectivity index (χ3v) is 6.50. The van der Waals surface area contributed by atoms with E-state index in [0.29, 0.717) is 27.9 Å². The van der Waals surface area contributed by atoms with Gasteiger partial charge in [0.25, 0.3) is 5.91 Å². The van der Waals surface area contributed by atoms with Crippen molar-refractivity contribution in [2.24, 2.45) is 17.8 Å². The zero-order valence-electron chi connectivity index (χ0n) is 16.4. The Morgan fingerprint density at radius 2 is 1.72 bits per heavy atom. The lowest BCUT2D eigenvalue weighted by atomic mass is 9.76. The second-order valence-corrected chi connectivity index (χ2v) is 8.46. The number of hydrogen-bond donors (Lipinski definition) is 1. The molecule has 1 aliphatic carbocycles. The van der Waals surface area contributed by atoms with Gasteiger partial charge in [0.15, 0.2) is 0 Å². The summed E-state index contributed by atoms with van der Waals surface area (Å²) in [5.74, 6) is -0.443. The summed E-state index contributed by atoms with van der Waals surface area (Å²) < 4.78 is 0. The Balaban J connectivity index is 1.52. The predicted octanol–water partition coefficient (Wildman–Crippen LogP) is 4.83. The van der Waals surface area contributed by atoms with Gasteiger partial charge in [-0.1, -0.05) is 24.6 Å². The van der Waals surface area contributed by atoms with Gasteiger partial charge in [-0.05, 0) is 74.1 Å². The molecule has 3 amide bonds. The zero-order chi connectivity index (χ0) is 20.7. The highest BCUT2D eigenvalue weighted by Crippen LogP contribution is 2.42. The van der Waals surface area contributed by atoms with Crippen molar-refractivity contribution in [2.45, 2.75) is 33.1 Å². The highest BCUT2D eigenvalue weighted by Gasteiger charge is 2.49. The van der Waals surface area contributed by atoms with Gasteiger partial charge < -0.3 is 5.32 Å². The van der Waals surface area contributed by atoms with Gasteiger partial charge in [0, 0.05) is 16.3 Å². The molecule has 1 N–H and O–H groups in total. The van der Waals surface area contributed by atoms with E-state index in [0.717, 1.165) is 24.8 Å². The molecule has 2 aliphatic rings. The van der Waals surface area contributed by atoms with Crippen molar-refractivity contribution in [1.29, 1.82) is 0 Å². The number of anilines is 2. The molecule has 29 heavy (non-hydrogen) atoms. The van der Waals surface area contributed by atoms with Crippen LogP contribution in [0.1, 0.15) is 42.1 Å². The summed E-state index contributed by atoms with van der Waals surface area (Å²) in [4.78, 5) is 39.5. The number of halogens is 1. The number of hydrogen-bond acceptors (Lipinski definition) is 3. The van der Waals surface area contributed by atoms with Crippen LogP contribution in [-0.2, 0) is 9.59 Å². The molecule has 2 fully saturated rings. The summed E-state index contributed by atoms with van der Waals surface area (Å²) in [6.07, 6.45) is 2.52. The van der Waals surface area contributed by atoms with Crippen LogP contribution in [0, 0.1) is 24.7 Å². The van der Waals surface area contributed by atoms with E-state index in [1.54, 1.807) is 42.5 Å². The fourth-order valence-corrected chi connectivity index (χ4v) is 4.52. The first-order chi connectivity index (χ1) is 13.9. The summed E-state index contributed by atoms with van der Waals surface area (Å²) in [6, 6.07) is 11.9. The summed E-state index contributed by atoms with van der Waals surface area (Å²) in [7, 11) is 0. The molecule has 1 aliphatic heterocycles. The number of amides is 3. The predicted molar refractivity (Wildman–Crippen MR) is 113 cm³/mol. The van der Waals surface area contributed by atoms with Crippen molar-refractivity contribution in [3.8, 4) is 0 Å². The van der Waals surface area contributed by atoms with Crippen molar-refractivity contribution in [1.82, 2.24) is 0 Å². The summed E-state index contributed by atoms with van der Waals surface area (Å²) >= 11 is 6.10. The number of benzene rings is 2. The van der Waals surface area contributed by atoms with Crippen LogP contribution in [0.25, 0.3) is 0 Å². The number of imide groups is 1. The smallest absolute Gasteiger partial charge is 0.255 e. The molecule has 150 valence electrons. The number of rotatable bonds is 3. The van der Waals surface area contributed by atoms with Crippen LogP contribution in [0.2, 0.25) is 5.02 Å². The molecule has 4 rings (SSSR count). The van der Waals surface area contributed by atoms with Crippen molar-refractivity contribution < 1.29 is 14.4 Å². The van der Waals surface area contributed by atoms with Gasteiger partial charge in [0.1, 0.15) is 0 Å². The lowest BCUT2D eigenvalue weighted by molar-refractivity contribution is -0.122. The van der Waals surface area contributed by atoms with E-state index in [2.05, 4.69) is 12.2 Å². The highest BCUT2D eigenvalue weighted by atomic mass is 35.5. The van der Waals surface area contributed by atoms with Gasteiger partial charge in [-0.15, -0.1) is 0 Å². The summed E-state index contributed by atoms with van der Waals surface area (Å²) in [6.45, 7) is 3.97. The average Bonchev–Trinajstić information content (AvgIpc) is 2.95. The molecular weight excluding hydrogens is 388 g/mol. The lowest BCUT2D eigenvalue weighted by Gasteiger charge is -2.25. The van der Waals surface area contributed by atoms with Crippen molar-refractivity contribution >= 4 is 40.7 Å². The third-order valence-electron chi connectivity index (χ3n) is 6.09. The quantitative estimate of drug-likeness (QED) is 0.737. The summed E-state index contributed by atoms with van der Waals surface area (Å²) in [5.41, 5.74) is 2.41. The second kappa shape index (κ2) is 7.64. The maximum Gasteiger partial charge on any atom is 0.255 e. The Morgan fingerprint density at radius 3 is 2.45 bits per heavy atom. The minimum Gasteiger partial charge on any atom is -0.322 e. The van der Waals surface area contributed by atoms with Crippen LogP contribution in [0.15, 0.2) is 42.5 Å². The Labute approximate surface area is 175 Å². The number of carbonyl (C=O) groups is 3. The topological polar surface area (TPSA) is 66.5 Å². The molecule has 3 atom stereocenters. The molecule has 6 heteroatoms. The monoisotopic (exact) mass is 410 g/mol. The zero-order valence-corrected chi connectivity index (χ0v) is 17.2. The van der Waals surface area contributed by atoms with Gasteiger partial charge in [0.05, 0.1) is 17.5 Å². The maximum absolute atomic E-state index is 12.8. The second-order valence-electron chi connectivity index (χ2n) is 8.06. The highest BCUT2D eigenvalue weighted by molar-refractivity contribution is 6.31. The van der Waals surface area contributed by atoms with Crippen LogP contribution in [0.3, 0.4) is 0 Å². The standard InChI is InChI=1S/C23H23ClN2O3/c1-13-6-11-17-18(12-13)23(29)26(22(17)28)16-9-7-15(8-10-16)21(27)25-20-5-3-4-19(24)14(20)2/h3-5,7-10,13,17-18H,6,11-12H2,1-2H3,(H,25,27)/t13-,17+,18-/m0/s1. The minimum absolute atomic E-state index is 0.112. The third kappa shape index (κ3) is 3.55. The van der Waals surface area contributed by atoms with E-state index in [4.69, 9.17) is 11.6 Å². The van der Waals surface area contributed by atoms with Crippen molar-refractivity contribution in [2.75, 3.05) is 10.2 Å². The van der Waals surface area contributed by atoms with E-state index in [-0.39, 0.29) is 29.6 Å². The fraction of sp³-hybridized carbons (Fsp3) is 0.348. The Kier molecular flexibility index (Phi) is 5.17. The van der Waals surface area contributed by atoms with Crippen LogP contribution in [-0.4, -0.2) is 17.7 Å². The van der Waals surface area contributed by atoms with Crippen molar-refractivity contribution in [3.05, 3.63) is 58.6 Å². The molecule has 0 unspecified atom stereocenters. The van der Waals surface area contributed by atoms with Gasteiger partial charge in [-0.2, -0.15) is 0 Å². The van der Waals surface area contributed by atoms with Gasteiger partial charge >= 0.3 is 0 Å². The SMILES string of the molecule is Cc1c(Cl)cccc1NC(=O)c1ccc(N2C(=O)[C@H]3C[C@@H](C)CC[C@H]3C2=O)cc1. The van der Waals surface area contributed by atoms with Gasteiger partial charge in [-0.3, -0.25) is 19.3 Å². The normalized spacial score (nSPS) is 23.8. The molecule has 5 nitrogen and oxygen atoms in total. The van der Waals surface area contributed by atoms with E-state index in [9.17, 15) is 14.4 Å². The molecule has 2 aromatic carbocycles. The van der Waals surface area contributed by atoms with E-state index in [1.165, 1.54) is 4.90 Å². The Bertz CT molecular complexity index is 986. The van der Waals surface area contributed by atoms with Gasteiger partial charge in [0.2, 0.25) is 11.8 Å². The molecule has 1 heterocycles.